The van der Waals surface area contributed by atoms with E-state index in [0.717, 1.165) is 18.5 Å². The minimum atomic E-state index is -0.388. The third-order valence-corrected chi connectivity index (χ3v) is 6.29. The molecule has 4 rings (SSSR count). The number of piperidine rings is 1. The van der Waals surface area contributed by atoms with E-state index >= 15 is 0 Å². The molecular formula is C23H32FN7O2. The molecule has 0 spiro atoms. The molecule has 0 saturated carbocycles. The van der Waals surface area contributed by atoms with Gasteiger partial charge in [0.05, 0.1) is 4.92 Å². The molecule has 0 aliphatic carbocycles. The quantitative estimate of drug-likeness (QED) is 0.519. The van der Waals surface area contributed by atoms with E-state index in [1.165, 1.54) is 18.5 Å². The number of nitrogens with zero attached hydrogens (tertiary/aromatic N) is 5. The highest BCUT2D eigenvalue weighted by Gasteiger charge is 2.39. The first kappa shape index (κ1) is 23.2. The van der Waals surface area contributed by atoms with Crippen LogP contribution < -0.4 is 20.4 Å². The molecule has 0 bridgehead atoms. The Hall–Kier alpha value is -3.01. The molecule has 1 aromatic carbocycles. The SMILES string of the molecule is CC1(C)CC(Nc2ncnc(N3CCN(c4ccc(F)cc4)CC3)c2[N+](=O)[O-])CC(C)(C)N1. The lowest BCUT2D eigenvalue weighted by Crippen LogP contribution is -2.60. The highest BCUT2D eigenvalue weighted by molar-refractivity contribution is 5.71. The van der Waals surface area contributed by atoms with Crippen molar-refractivity contribution in [2.24, 2.45) is 0 Å². The number of anilines is 3. The molecular weight excluding hydrogens is 425 g/mol. The standard InChI is InChI=1S/C23H32FN7O2/c1-22(2)13-17(14-23(3,4)28-22)27-20-19(31(32)33)21(26-15-25-20)30-11-9-29(10-12-30)18-7-5-16(24)6-8-18/h5-8,15,17,28H,9-14H2,1-4H3,(H,25,26,27). The lowest BCUT2D eigenvalue weighted by Gasteiger charge is -2.46. The number of hydrogen-bond donors (Lipinski definition) is 2. The van der Waals surface area contributed by atoms with Gasteiger partial charge in [-0.25, -0.2) is 14.4 Å². The lowest BCUT2D eigenvalue weighted by atomic mass is 9.79. The third kappa shape index (κ3) is 5.32. The van der Waals surface area contributed by atoms with Gasteiger partial charge in [0.1, 0.15) is 12.1 Å². The smallest absolute Gasteiger partial charge is 0.353 e. The van der Waals surface area contributed by atoms with E-state index in [4.69, 9.17) is 0 Å². The summed E-state index contributed by atoms with van der Waals surface area (Å²) in [4.78, 5) is 24.3. The van der Waals surface area contributed by atoms with Crippen molar-refractivity contribution in [3.05, 3.63) is 46.5 Å². The van der Waals surface area contributed by atoms with Gasteiger partial charge in [0, 0.05) is 49.0 Å². The zero-order chi connectivity index (χ0) is 23.8. The topological polar surface area (TPSA) is 99.5 Å². The van der Waals surface area contributed by atoms with E-state index in [-0.39, 0.29) is 39.4 Å². The van der Waals surface area contributed by atoms with Crippen LogP contribution in [0.3, 0.4) is 0 Å². The maximum atomic E-state index is 13.2. The monoisotopic (exact) mass is 457 g/mol. The van der Waals surface area contributed by atoms with Gasteiger partial charge in [-0.3, -0.25) is 10.1 Å². The predicted octanol–water partition coefficient (Wildman–Crippen LogP) is 3.57. The summed E-state index contributed by atoms with van der Waals surface area (Å²) < 4.78 is 13.2. The Labute approximate surface area is 193 Å². The van der Waals surface area contributed by atoms with Gasteiger partial charge in [-0.1, -0.05) is 0 Å². The summed E-state index contributed by atoms with van der Waals surface area (Å²) in [7, 11) is 0. The van der Waals surface area contributed by atoms with Gasteiger partial charge in [-0.05, 0) is 64.8 Å². The van der Waals surface area contributed by atoms with Crippen molar-refractivity contribution in [2.75, 3.05) is 41.3 Å². The normalized spacial score (nSPS) is 20.5. The van der Waals surface area contributed by atoms with Gasteiger partial charge in [-0.15, -0.1) is 0 Å². The first-order valence-corrected chi connectivity index (χ1v) is 11.3. The fraction of sp³-hybridized carbons (Fsp3) is 0.565. The minimum absolute atomic E-state index is 0.0491. The second-order valence-corrected chi connectivity index (χ2v) is 10.2. The molecule has 3 heterocycles. The molecule has 0 atom stereocenters. The molecule has 2 aliphatic heterocycles. The number of benzene rings is 1. The number of nitro groups is 1. The van der Waals surface area contributed by atoms with Crippen molar-refractivity contribution in [2.45, 2.75) is 57.7 Å². The van der Waals surface area contributed by atoms with Crippen molar-refractivity contribution in [1.82, 2.24) is 15.3 Å². The van der Waals surface area contributed by atoms with Crippen LogP contribution in [0, 0.1) is 15.9 Å². The number of halogens is 1. The average Bonchev–Trinajstić information content (AvgIpc) is 2.72. The van der Waals surface area contributed by atoms with Gasteiger partial charge >= 0.3 is 5.69 Å². The van der Waals surface area contributed by atoms with Crippen LogP contribution in [0.2, 0.25) is 0 Å². The van der Waals surface area contributed by atoms with E-state index in [9.17, 15) is 14.5 Å². The van der Waals surface area contributed by atoms with Crippen LogP contribution in [-0.4, -0.2) is 58.2 Å². The molecule has 0 unspecified atom stereocenters. The number of nitrogens with one attached hydrogen (secondary N) is 2. The number of aromatic nitrogens is 2. The Kier molecular flexibility index (Phi) is 6.13. The Morgan fingerprint density at radius 3 is 2.18 bits per heavy atom. The van der Waals surface area contributed by atoms with Crippen molar-refractivity contribution in [1.29, 1.82) is 0 Å². The molecule has 2 aromatic rings. The van der Waals surface area contributed by atoms with Gasteiger partial charge in [0.2, 0.25) is 11.6 Å². The molecule has 2 aliphatic rings. The second kappa shape index (κ2) is 8.74. The summed E-state index contributed by atoms with van der Waals surface area (Å²) in [5.41, 5.74) is 0.662. The summed E-state index contributed by atoms with van der Waals surface area (Å²) in [5, 5.41) is 19.1. The average molecular weight is 458 g/mol. The number of hydrogen-bond acceptors (Lipinski definition) is 8. The van der Waals surface area contributed by atoms with Crippen molar-refractivity contribution < 1.29 is 9.31 Å². The predicted molar refractivity (Wildman–Crippen MR) is 127 cm³/mol. The summed E-state index contributed by atoms with van der Waals surface area (Å²) in [6, 6.07) is 6.44. The highest BCUT2D eigenvalue weighted by Crippen LogP contribution is 2.36. The summed E-state index contributed by atoms with van der Waals surface area (Å²) in [6.45, 7) is 11.0. The maximum Gasteiger partial charge on any atom is 0.353 e. The van der Waals surface area contributed by atoms with Crippen LogP contribution in [0.5, 0.6) is 0 Å². The second-order valence-electron chi connectivity index (χ2n) is 10.2. The van der Waals surface area contributed by atoms with E-state index in [1.54, 1.807) is 12.1 Å². The van der Waals surface area contributed by atoms with E-state index in [0.29, 0.717) is 32.0 Å². The Bertz CT molecular complexity index is 988. The Morgan fingerprint density at radius 1 is 1.03 bits per heavy atom. The van der Waals surface area contributed by atoms with Gasteiger partial charge in [0.15, 0.2) is 0 Å². The Balaban J connectivity index is 1.52. The van der Waals surface area contributed by atoms with Gasteiger partial charge in [-0.2, -0.15) is 0 Å². The summed E-state index contributed by atoms with van der Waals surface area (Å²) in [5.74, 6) is 0.336. The molecule has 0 radical (unpaired) electrons. The molecule has 2 N–H and O–H groups in total. The van der Waals surface area contributed by atoms with Crippen LogP contribution in [-0.2, 0) is 0 Å². The first-order chi connectivity index (χ1) is 15.5. The van der Waals surface area contributed by atoms with E-state index in [1.807, 2.05) is 4.90 Å². The highest BCUT2D eigenvalue weighted by atomic mass is 19.1. The fourth-order valence-electron chi connectivity index (χ4n) is 5.32. The van der Waals surface area contributed by atoms with Crippen LogP contribution in [0.1, 0.15) is 40.5 Å². The van der Waals surface area contributed by atoms with Crippen molar-refractivity contribution >= 4 is 23.0 Å². The molecule has 2 fully saturated rings. The molecule has 178 valence electrons. The zero-order valence-electron chi connectivity index (χ0n) is 19.6. The zero-order valence-corrected chi connectivity index (χ0v) is 19.6. The van der Waals surface area contributed by atoms with Crippen LogP contribution in [0.25, 0.3) is 0 Å². The van der Waals surface area contributed by atoms with Crippen molar-refractivity contribution in [3.8, 4) is 0 Å². The molecule has 2 saturated heterocycles. The fourth-order valence-corrected chi connectivity index (χ4v) is 5.32. The third-order valence-electron chi connectivity index (χ3n) is 6.29. The minimum Gasteiger partial charge on any atom is -0.368 e. The maximum absolute atomic E-state index is 13.2. The van der Waals surface area contributed by atoms with Crippen molar-refractivity contribution in [3.63, 3.8) is 0 Å². The van der Waals surface area contributed by atoms with Crippen LogP contribution in [0.4, 0.5) is 27.4 Å². The molecule has 1 aromatic heterocycles. The summed E-state index contributed by atoms with van der Waals surface area (Å²) >= 11 is 0. The number of rotatable bonds is 5. The summed E-state index contributed by atoms with van der Waals surface area (Å²) in [6.07, 6.45) is 3.04. The van der Waals surface area contributed by atoms with Gasteiger partial charge < -0.3 is 20.4 Å². The first-order valence-electron chi connectivity index (χ1n) is 11.3. The number of piperazine rings is 1. The Morgan fingerprint density at radius 2 is 1.61 bits per heavy atom. The van der Waals surface area contributed by atoms with Gasteiger partial charge in [0.25, 0.3) is 0 Å². The molecule has 10 heteroatoms. The largest absolute Gasteiger partial charge is 0.368 e. The molecule has 9 nitrogen and oxygen atoms in total. The lowest BCUT2D eigenvalue weighted by molar-refractivity contribution is -0.383. The van der Waals surface area contributed by atoms with Crippen LogP contribution >= 0.6 is 0 Å². The van der Waals surface area contributed by atoms with Crippen LogP contribution in [0.15, 0.2) is 30.6 Å². The molecule has 0 amide bonds. The molecule has 33 heavy (non-hydrogen) atoms. The van der Waals surface area contributed by atoms with E-state index in [2.05, 4.69) is 53.2 Å². The van der Waals surface area contributed by atoms with E-state index < -0.39 is 0 Å².